The fourth-order valence-electron chi connectivity index (χ4n) is 3.78. The van der Waals surface area contributed by atoms with E-state index in [2.05, 4.69) is 9.80 Å². The van der Waals surface area contributed by atoms with E-state index >= 15 is 0 Å². The third kappa shape index (κ3) is 2.60. The lowest BCUT2D eigenvalue weighted by Crippen LogP contribution is -2.52. The van der Waals surface area contributed by atoms with Crippen molar-refractivity contribution >= 4 is 0 Å². The smallest absolute Gasteiger partial charge is 0.123 e. The third-order valence-electron chi connectivity index (χ3n) is 4.87. The van der Waals surface area contributed by atoms with Gasteiger partial charge in [-0.3, -0.25) is 9.80 Å². The molecule has 0 amide bonds. The molecule has 0 radical (unpaired) electrons. The first-order chi connectivity index (χ1) is 9.69. The Morgan fingerprint density at radius 3 is 2.95 bits per heavy atom. The first-order valence-corrected chi connectivity index (χ1v) is 7.63. The van der Waals surface area contributed by atoms with E-state index in [1.165, 1.54) is 24.9 Å². The van der Waals surface area contributed by atoms with E-state index < -0.39 is 0 Å². The Labute approximate surface area is 120 Å². The first kappa shape index (κ1) is 14.0. The first-order valence-electron chi connectivity index (χ1n) is 7.63. The lowest BCUT2D eigenvalue weighted by Gasteiger charge is -2.41. The molecule has 2 heterocycles. The van der Waals surface area contributed by atoms with Gasteiger partial charge < -0.3 is 5.73 Å². The second-order valence-electron chi connectivity index (χ2n) is 6.08. The normalized spacial score (nSPS) is 25.6. The molecule has 110 valence electrons. The lowest BCUT2D eigenvalue weighted by molar-refractivity contribution is 0.0735. The van der Waals surface area contributed by atoms with Crippen molar-refractivity contribution in [2.24, 2.45) is 5.73 Å². The molecule has 1 aromatic carbocycles. The summed E-state index contributed by atoms with van der Waals surface area (Å²) in [6, 6.07) is 5.99. The quantitative estimate of drug-likeness (QED) is 0.916. The number of hydrogen-bond donors (Lipinski definition) is 1. The summed E-state index contributed by atoms with van der Waals surface area (Å²) in [5.41, 5.74) is 8.22. The molecule has 2 aliphatic rings. The molecule has 1 aromatic rings. The minimum Gasteiger partial charge on any atom is -0.329 e. The zero-order valence-corrected chi connectivity index (χ0v) is 12.2. The highest BCUT2D eigenvalue weighted by molar-refractivity contribution is 5.30. The van der Waals surface area contributed by atoms with Gasteiger partial charge in [-0.05, 0) is 49.6 Å². The fraction of sp³-hybridized carbons (Fsp3) is 0.625. The summed E-state index contributed by atoms with van der Waals surface area (Å²) in [4.78, 5) is 5.09. The molecule has 2 N–H and O–H groups in total. The van der Waals surface area contributed by atoms with Gasteiger partial charge in [0.25, 0.3) is 0 Å². The minimum absolute atomic E-state index is 0.164. The highest BCUT2D eigenvalue weighted by atomic mass is 19.1. The van der Waals surface area contributed by atoms with E-state index in [9.17, 15) is 4.39 Å². The van der Waals surface area contributed by atoms with Crippen LogP contribution in [0.4, 0.5) is 4.39 Å². The topological polar surface area (TPSA) is 32.5 Å². The molecule has 0 aliphatic carbocycles. The van der Waals surface area contributed by atoms with E-state index in [4.69, 9.17) is 5.73 Å². The van der Waals surface area contributed by atoms with Crippen LogP contribution in [0, 0.1) is 12.7 Å². The zero-order chi connectivity index (χ0) is 14.1. The number of nitrogens with two attached hydrogens (primary N) is 1. The van der Waals surface area contributed by atoms with Gasteiger partial charge in [-0.25, -0.2) is 4.39 Å². The largest absolute Gasteiger partial charge is 0.329 e. The van der Waals surface area contributed by atoms with E-state index in [1.807, 2.05) is 13.0 Å². The van der Waals surface area contributed by atoms with Gasteiger partial charge in [0.1, 0.15) is 5.82 Å². The molecule has 20 heavy (non-hydrogen) atoms. The molecule has 0 bridgehead atoms. The van der Waals surface area contributed by atoms with Crippen molar-refractivity contribution < 1.29 is 4.39 Å². The minimum atomic E-state index is -0.164. The maximum atomic E-state index is 13.3. The molecule has 0 aromatic heterocycles. The average molecular weight is 277 g/mol. The average Bonchev–Trinajstić information content (AvgIpc) is 2.89. The van der Waals surface area contributed by atoms with Gasteiger partial charge in [0.2, 0.25) is 0 Å². The predicted octanol–water partition coefficient (Wildman–Crippen LogP) is 1.91. The second-order valence-corrected chi connectivity index (χ2v) is 6.08. The molecule has 2 unspecified atom stereocenters. The molecular formula is C16H24FN3. The van der Waals surface area contributed by atoms with Crippen LogP contribution in [0.25, 0.3) is 0 Å². The Bertz CT molecular complexity index is 477. The van der Waals surface area contributed by atoms with Crippen LogP contribution in [0.2, 0.25) is 0 Å². The number of piperazine rings is 1. The zero-order valence-electron chi connectivity index (χ0n) is 12.2. The molecule has 2 fully saturated rings. The molecule has 0 spiro atoms. The van der Waals surface area contributed by atoms with Crippen molar-refractivity contribution in [1.29, 1.82) is 0 Å². The van der Waals surface area contributed by atoms with Gasteiger partial charge in [0, 0.05) is 38.3 Å². The molecule has 0 saturated carbocycles. The highest BCUT2D eigenvalue weighted by Gasteiger charge is 2.33. The number of aryl methyl sites for hydroxylation is 1. The number of halogens is 1. The molecular weight excluding hydrogens is 253 g/mol. The fourth-order valence-corrected chi connectivity index (χ4v) is 3.78. The van der Waals surface area contributed by atoms with E-state index in [1.54, 1.807) is 12.1 Å². The van der Waals surface area contributed by atoms with Crippen LogP contribution in [0.5, 0.6) is 0 Å². The monoisotopic (exact) mass is 277 g/mol. The van der Waals surface area contributed by atoms with Crippen LogP contribution >= 0.6 is 0 Å². The van der Waals surface area contributed by atoms with Crippen LogP contribution in [0.15, 0.2) is 18.2 Å². The van der Waals surface area contributed by atoms with Gasteiger partial charge in [-0.2, -0.15) is 0 Å². The van der Waals surface area contributed by atoms with Gasteiger partial charge in [-0.15, -0.1) is 0 Å². The van der Waals surface area contributed by atoms with Gasteiger partial charge in [0.05, 0.1) is 0 Å². The summed E-state index contributed by atoms with van der Waals surface area (Å²) >= 11 is 0. The number of rotatable bonds is 3. The summed E-state index contributed by atoms with van der Waals surface area (Å²) < 4.78 is 13.3. The highest BCUT2D eigenvalue weighted by Crippen LogP contribution is 2.29. The summed E-state index contributed by atoms with van der Waals surface area (Å²) in [6.07, 6.45) is 2.62. The Hall–Kier alpha value is -0.970. The van der Waals surface area contributed by atoms with Crippen molar-refractivity contribution in [1.82, 2.24) is 9.80 Å². The number of benzene rings is 1. The van der Waals surface area contributed by atoms with Crippen LogP contribution < -0.4 is 5.73 Å². The van der Waals surface area contributed by atoms with Gasteiger partial charge in [-0.1, -0.05) is 6.07 Å². The molecule has 2 aliphatic heterocycles. The Morgan fingerprint density at radius 2 is 2.20 bits per heavy atom. The maximum Gasteiger partial charge on any atom is 0.123 e. The molecule has 2 atom stereocenters. The van der Waals surface area contributed by atoms with E-state index in [-0.39, 0.29) is 11.9 Å². The standard InChI is InChI=1S/C16H24FN3/c1-12-9-13(17)4-5-15(12)16(10-18)20-8-7-19-6-2-3-14(19)11-20/h4-5,9,14,16H,2-3,6-8,10-11,18H2,1H3. The van der Waals surface area contributed by atoms with Crippen molar-refractivity contribution in [2.45, 2.75) is 31.8 Å². The maximum absolute atomic E-state index is 13.3. The Kier molecular flexibility index (Phi) is 4.06. The van der Waals surface area contributed by atoms with Gasteiger partial charge >= 0.3 is 0 Å². The predicted molar refractivity (Wildman–Crippen MR) is 79.1 cm³/mol. The van der Waals surface area contributed by atoms with Crippen LogP contribution in [-0.2, 0) is 0 Å². The van der Waals surface area contributed by atoms with Crippen molar-refractivity contribution in [3.05, 3.63) is 35.1 Å². The SMILES string of the molecule is Cc1cc(F)ccc1C(CN)N1CCN2CCCC2C1. The molecule has 3 nitrogen and oxygen atoms in total. The number of nitrogens with zero attached hydrogens (tertiary/aromatic N) is 2. The van der Waals surface area contributed by atoms with E-state index in [0.717, 1.165) is 25.2 Å². The summed E-state index contributed by atoms with van der Waals surface area (Å²) in [7, 11) is 0. The summed E-state index contributed by atoms with van der Waals surface area (Å²) in [5, 5.41) is 0. The number of hydrogen-bond acceptors (Lipinski definition) is 3. The molecule has 2 saturated heterocycles. The summed E-state index contributed by atoms with van der Waals surface area (Å²) in [5.74, 6) is -0.164. The Morgan fingerprint density at radius 1 is 1.35 bits per heavy atom. The molecule has 4 heteroatoms. The molecule has 3 rings (SSSR count). The van der Waals surface area contributed by atoms with Crippen molar-refractivity contribution in [2.75, 3.05) is 32.7 Å². The van der Waals surface area contributed by atoms with E-state index in [0.29, 0.717) is 12.6 Å². The van der Waals surface area contributed by atoms with Crippen molar-refractivity contribution in [3.8, 4) is 0 Å². The van der Waals surface area contributed by atoms with Crippen LogP contribution in [0.3, 0.4) is 0 Å². The van der Waals surface area contributed by atoms with Crippen LogP contribution in [-0.4, -0.2) is 48.6 Å². The number of fused-ring (bicyclic) bond motifs is 1. The lowest BCUT2D eigenvalue weighted by atomic mass is 9.98. The van der Waals surface area contributed by atoms with Crippen molar-refractivity contribution in [3.63, 3.8) is 0 Å². The summed E-state index contributed by atoms with van der Waals surface area (Å²) in [6.45, 7) is 7.13. The van der Waals surface area contributed by atoms with Crippen LogP contribution in [0.1, 0.15) is 30.0 Å². The Balaban J connectivity index is 1.79. The third-order valence-corrected chi connectivity index (χ3v) is 4.87. The second kappa shape index (κ2) is 5.80. The van der Waals surface area contributed by atoms with Gasteiger partial charge in [0.15, 0.2) is 0 Å².